The molecule has 0 atom stereocenters. The van der Waals surface area contributed by atoms with Crippen LogP contribution in [0.4, 0.5) is 10.1 Å². The van der Waals surface area contributed by atoms with Gasteiger partial charge in [0.25, 0.3) is 0 Å². The first-order valence-corrected chi connectivity index (χ1v) is 10.2. The van der Waals surface area contributed by atoms with Crippen molar-refractivity contribution in [1.29, 1.82) is 0 Å². The maximum atomic E-state index is 13.7. The van der Waals surface area contributed by atoms with Crippen LogP contribution in [0.25, 0.3) is 0 Å². The van der Waals surface area contributed by atoms with E-state index >= 15 is 0 Å². The van der Waals surface area contributed by atoms with Crippen molar-refractivity contribution in [1.82, 2.24) is 9.21 Å². The fourth-order valence-electron chi connectivity index (χ4n) is 2.66. The lowest BCUT2D eigenvalue weighted by Gasteiger charge is -2.35. The lowest BCUT2D eigenvalue weighted by molar-refractivity contribution is 0.268. The third-order valence-electron chi connectivity index (χ3n) is 4.08. The minimum atomic E-state index is -3.60. The van der Waals surface area contributed by atoms with Crippen LogP contribution in [-0.4, -0.2) is 48.9 Å². The van der Waals surface area contributed by atoms with Gasteiger partial charge in [-0.1, -0.05) is 29.8 Å². The molecule has 26 heavy (non-hydrogen) atoms. The molecule has 9 heteroatoms. The first-order valence-electron chi connectivity index (χ1n) is 7.94. The largest absolute Gasteiger partial charge is 0.346 e. The van der Waals surface area contributed by atoms with Gasteiger partial charge in [-0.2, -0.15) is 4.31 Å². The number of anilines is 1. The number of para-hydroxylation sites is 1. The predicted octanol–water partition coefficient (Wildman–Crippen LogP) is 3.18. The van der Waals surface area contributed by atoms with Crippen LogP contribution in [0, 0.1) is 5.82 Å². The van der Waals surface area contributed by atoms with Crippen LogP contribution in [0.2, 0.25) is 5.02 Å². The molecule has 0 amide bonds. The number of hydrogen-bond donors (Lipinski definition) is 1. The Balaban J connectivity index is 1.64. The number of thiocarbonyl (C=S) groups is 1. The Bertz CT molecular complexity index is 916. The van der Waals surface area contributed by atoms with E-state index in [9.17, 15) is 12.8 Å². The molecule has 1 aliphatic heterocycles. The quantitative estimate of drug-likeness (QED) is 0.783. The van der Waals surface area contributed by atoms with Crippen molar-refractivity contribution in [3.05, 3.63) is 59.4 Å². The molecule has 3 rings (SSSR count). The van der Waals surface area contributed by atoms with Crippen molar-refractivity contribution in [3.63, 3.8) is 0 Å². The second-order valence-electron chi connectivity index (χ2n) is 5.76. The van der Waals surface area contributed by atoms with E-state index in [1.165, 1.54) is 22.5 Å². The predicted molar refractivity (Wildman–Crippen MR) is 104 cm³/mol. The first-order chi connectivity index (χ1) is 12.4. The van der Waals surface area contributed by atoms with Crippen LogP contribution >= 0.6 is 23.8 Å². The number of hydrogen-bond acceptors (Lipinski definition) is 3. The molecule has 1 saturated heterocycles. The highest BCUT2D eigenvalue weighted by Gasteiger charge is 2.29. The van der Waals surface area contributed by atoms with Crippen molar-refractivity contribution in [2.24, 2.45) is 0 Å². The van der Waals surface area contributed by atoms with E-state index in [-0.39, 0.29) is 18.0 Å². The third kappa shape index (κ3) is 4.15. The maximum absolute atomic E-state index is 13.7. The van der Waals surface area contributed by atoms with Crippen molar-refractivity contribution >= 4 is 44.6 Å². The van der Waals surface area contributed by atoms with Gasteiger partial charge in [0.15, 0.2) is 5.11 Å². The smallest absolute Gasteiger partial charge is 0.243 e. The summed E-state index contributed by atoms with van der Waals surface area (Å²) in [5.41, 5.74) is 0.298. The molecular weight excluding hydrogens is 397 g/mol. The lowest BCUT2D eigenvalue weighted by Crippen LogP contribution is -2.51. The van der Waals surface area contributed by atoms with Gasteiger partial charge in [0.2, 0.25) is 10.0 Å². The van der Waals surface area contributed by atoms with Gasteiger partial charge in [0, 0.05) is 31.2 Å². The van der Waals surface area contributed by atoms with Gasteiger partial charge >= 0.3 is 0 Å². The fraction of sp³-hybridized carbons (Fsp3) is 0.235. The number of nitrogens with zero attached hydrogens (tertiary/aromatic N) is 2. The van der Waals surface area contributed by atoms with Crippen LogP contribution in [0.15, 0.2) is 53.4 Å². The molecule has 1 N–H and O–H groups in total. The Hall–Kier alpha value is -1.74. The molecule has 1 fully saturated rings. The highest BCUT2D eigenvalue weighted by Crippen LogP contribution is 2.21. The van der Waals surface area contributed by atoms with E-state index in [0.29, 0.717) is 28.9 Å². The zero-order valence-electron chi connectivity index (χ0n) is 13.7. The van der Waals surface area contributed by atoms with Crippen molar-refractivity contribution < 1.29 is 12.8 Å². The Kier molecular flexibility index (Phi) is 5.76. The Morgan fingerprint density at radius 2 is 1.77 bits per heavy atom. The number of sulfonamides is 1. The Morgan fingerprint density at radius 1 is 1.08 bits per heavy atom. The maximum Gasteiger partial charge on any atom is 0.243 e. The normalized spacial score (nSPS) is 15.7. The Morgan fingerprint density at radius 3 is 2.42 bits per heavy atom. The molecule has 2 aromatic rings. The topological polar surface area (TPSA) is 52.7 Å². The highest BCUT2D eigenvalue weighted by molar-refractivity contribution is 7.89. The number of rotatable bonds is 3. The molecule has 0 bridgehead atoms. The molecule has 138 valence electrons. The Labute approximate surface area is 162 Å². The van der Waals surface area contributed by atoms with Gasteiger partial charge in [-0.3, -0.25) is 0 Å². The summed E-state index contributed by atoms with van der Waals surface area (Å²) in [6.07, 6.45) is 0. The van der Waals surface area contributed by atoms with Gasteiger partial charge in [-0.05, 0) is 42.5 Å². The zero-order valence-corrected chi connectivity index (χ0v) is 16.1. The first kappa shape index (κ1) is 19.0. The van der Waals surface area contributed by atoms with Crippen molar-refractivity contribution in [2.75, 3.05) is 31.5 Å². The van der Waals surface area contributed by atoms with E-state index in [1.807, 2.05) is 4.90 Å². The van der Waals surface area contributed by atoms with E-state index in [1.54, 1.807) is 30.3 Å². The average Bonchev–Trinajstić information content (AvgIpc) is 2.63. The van der Waals surface area contributed by atoms with Crippen molar-refractivity contribution in [2.45, 2.75) is 4.90 Å². The van der Waals surface area contributed by atoms with Gasteiger partial charge in [-0.15, -0.1) is 0 Å². The number of benzene rings is 2. The van der Waals surface area contributed by atoms with Crippen LogP contribution in [0.5, 0.6) is 0 Å². The van der Waals surface area contributed by atoms with Gasteiger partial charge in [0.1, 0.15) is 5.82 Å². The molecule has 2 aromatic carbocycles. The fourth-order valence-corrected chi connectivity index (χ4v) is 4.68. The van der Waals surface area contributed by atoms with Crippen LogP contribution in [0.1, 0.15) is 0 Å². The molecule has 1 heterocycles. The second kappa shape index (κ2) is 7.87. The summed E-state index contributed by atoms with van der Waals surface area (Å²) in [6.45, 7) is 1.40. The molecule has 0 aliphatic carbocycles. The van der Waals surface area contributed by atoms with E-state index in [4.69, 9.17) is 23.8 Å². The van der Waals surface area contributed by atoms with E-state index in [2.05, 4.69) is 5.32 Å². The van der Waals surface area contributed by atoms with Crippen LogP contribution < -0.4 is 5.32 Å². The molecule has 0 unspecified atom stereocenters. The third-order valence-corrected chi connectivity index (χ3v) is 6.57. The molecule has 0 radical (unpaired) electrons. The van der Waals surface area contributed by atoms with Crippen LogP contribution in [-0.2, 0) is 10.0 Å². The molecule has 1 aliphatic rings. The molecule has 0 spiro atoms. The van der Waals surface area contributed by atoms with E-state index in [0.717, 1.165) is 0 Å². The zero-order chi connectivity index (χ0) is 18.7. The van der Waals surface area contributed by atoms with Crippen LogP contribution in [0.3, 0.4) is 0 Å². The number of piperazine rings is 1. The average molecular weight is 414 g/mol. The second-order valence-corrected chi connectivity index (χ2v) is 8.52. The minimum absolute atomic E-state index is 0.172. The number of nitrogens with one attached hydrogen (secondary N) is 1. The summed E-state index contributed by atoms with van der Waals surface area (Å²) in [7, 11) is -3.60. The molecule has 0 saturated carbocycles. The minimum Gasteiger partial charge on any atom is -0.346 e. The summed E-state index contributed by atoms with van der Waals surface area (Å²) in [5, 5.41) is 3.61. The summed E-state index contributed by atoms with van der Waals surface area (Å²) in [4.78, 5) is 2.00. The summed E-state index contributed by atoms with van der Waals surface area (Å²) < 4.78 is 40.5. The molecule has 5 nitrogen and oxygen atoms in total. The molecule has 0 aromatic heterocycles. The monoisotopic (exact) mass is 413 g/mol. The summed E-state index contributed by atoms with van der Waals surface area (Å²) >= 11 is 11.2. The molecular formula is C17H17ClFN3O2S2. The van der Waals surface area contributed by atoms with Gasteiger partial charge in [-0.25, -0.2) is 12.8 Å². The van der Waals surface area contributed by atoms with Gasteiger partial charge in [0.05, 0.1) is 10.6 Å². The van der Waals surface area contributed by atoms with E-state index < -0.39 is 15.8 Å². The summed E-state index contributed by atoms with van der Waals surface area (Å²) in [5.74, 6) is -0.392. The summed E-state index contributed by atoms with van der Waals surface area (Å²) in [6, 6.07) is 12.5. The highest BCUT2D eigenvalue weighted by atomic mass is 35.5. The standard InChI is InChI=1S/C17H17ClFN3O2S2/c18-13-4-3-5-14(12-13)26(23,24)22-10-8-21(9-11-22)17(25)20-16-7-2-1-6-15(16)19/h1-7,12H,8-11H2,(H,20,25). The van der Waals surface area contributed by atoms with Gasteiger partial charge < -0.3 is 10.2 Å². The van der Waals surface area contributed by atoms with Crippen molar-refractivity contribution in [3.8, 4) is 0 Å². The number of halogens is 2. The SMILES string of the molecule is O=S(=O)(c1cccc(Cl)c1)N1CCN(C(=S)Nc2ccccc2F)CC1. The lowest BCUT2D eigenvalue weighted by atomic mass is 10.3.